The van der Waals surface area contributed by atoms with Crippen LogP contribution in [0.25, 0.3) is 0 Å². The van der Waals surface area contributed by atoms with Gasteiger partial charge in [0, 0.05) is 24.6 Å². The standard InChI is InChI=1S/C11H17N3S2/c1-4-16-9-7-5-6-8(13-14(2)3)10(9)11(12)15/h5-7,13H,4H2,1-3H3,(H2,12,15). The van der Waals surface area contributed by atoms with Gasteiger partial charge < -0.3 is 11.2 Å². The van der Waals surface area contributed by atoms with Crippen molar-refractivity contribution in [2.75, 3.05) is 25.3 Å². The van der Waals surface area contributed by atoms with E-state index in [4.69, 9.17) is 18.0 Å². The van der Waals surface area contributed by atoms with Gasteiger partial charge in [-0.1, -0.05) is 25.2 Å². The molecule has 0 atom stereocenters. The molecule has 0 unspecified atom stereocenters. The number of nitrogens with zero attached hydrogens (tertiary/aromatic N) is 1. The molecule has 0 aliphatic carbocycles. The van der Waals surface area contributed by atoms with Gasteiger partial charge in [0.1, 0.15) is 4.99 Å². The molecule has 16 heavy (non-hydrogen) atoms. The zero-order valence-electron chi connectivity index (χ0n) is 9.78. The number of benzene rings is 1. The highest BCUT2D eigenvalue weighted by molar-refractivity contribution is 7.99. The predicted molar refractivity (Wildman–Crippen MR) is 76.0 cm³/mol. The molecule has 0 saturated carbocycles. The average Bonchev–Trinajstić information content (AvgIpc) is 2.16. The second-order valence-electron chi connectivity index (χ2n) is 3.48. The summed E-state index contributed by atoms with van der Waals surface area (Å²) in [5.74, 6) is 1.00. The van der Waals surface area contributed by atoms with Gasteiger partial charge in [-0.15, -0.1) is 11.8 Å². The van der Waals surface area contributed by atoms with E-state index in [2.05, 4.69) is 12.3 Å². The second-order valence-corrected chi connectivity index (χ2v) is 5.23. The number of rotatable bonds is 5. The van der Waals surface area contributed by atoms with Crippen molar-refractivity contribution in [2.45, 2.75) is 11.8 Å². The van der Waals surface area contributed by atoms with Gasteiger partial charge in [-0.25, -0.2) is 5.01 Å². The number of nitrogens with two attached hydrogens (primary N) is 1. The van der Waals surface area contributed by atoms with Crippen molar-refractivity contribution in [1.29, 1.82) is 0 Å². The lowest BCUT2D eigenvalue weighted by molar-refractivity contribution is 0.495. The molecule has 1 aromatic rings. The molecular formula is C11H17N3S2. The van der Waals surface area contributed by atoms with Crippen LogP contribution in [0.15, 0.2) is 23.1 Å². The average molecular weight is 255 g/mol. The number of hydrogen-bond donors (Lipinski definition) is 2. The Hall–Kier alpha value is -0.780. The van der Waals surface area contributed by atoms with Crippen LogP contribution in [0.5, 0.6) is 0 Å². The molecule has 1 aromatic carbocycles. The topological polar surface area (TPSA) is 41.3 Å². The van der Waals surface area contributed by atoms with Gasteiger partial charge in [0.05, 0.1) is 5.69 Å². The molecule has 0 aliphatic heterocycles. The van der Waals surface area contributed by atoms with Crippen LogP contribution in [0, 0.1) is 0 Å². The number of hydrogen-bond acceptors (Lipinski definition) is 4. The molecule has 3 nitrogen and oxygen atoms in total. The summed E-state index contributed by atoms with van der Waals surface area (Å²) < 4.78 is 0. The maximum absolute atomic E-state index is 5.78. The summed E-state index contributed by atoms with van der Waals surface area (Å²) in [5, 5.41) is 1.87. The molecule has 0 amide bonds. The minimum atomic E-state index is 0.431. The van der Waals surface area contributed by atoms with E-state index in [1.165, 1.54) is 0 Å². The summed E-state index contributed by atoms with van der Waals surface area (Å²) in [6.45, 7) is 2.11. The molecular weight excluding hydrogens is 238 g/mol. The summed E-state index contributed by atoms with van der Waals surface area (Å²) in [6.07, 6.45) is 0. The first kappa shape index (κ1) is 13.3. The molecule has 0 aromatic heterocycles. The summed E-state index contributed by atoms with van der Waals surface area (Å²) in [7, 11) is 3.87. The van der Waals surface area contributed by atoms with E-state index in [9.17, 15) is 0 Å². The molecule has 0 radical (unpaired) electrons. The van der Waals surface area contributed by atoms with Gasteiger partial charge in [0.15, 0.2) is 0 Å². The van der Waals surface area contributed by atoms with Crippen LogP contribution < -0.4 is 11.2 Å². The van der Waals surface area contributed by atoms with Gasteiger partial charge in [0.2, 0.25) is 0 Å². The molecule has 0 saturated heterocycles. The molecule has 0 spiro atoms. The largest absolute Gasteiger partial charge is 0.389 e. The van der Waals surface area contributed by atoms with Crippen LogP contribution in [0.2, 0.25) is 0 Å². The SMILES string of the molecule is CCSc1cccc(NN(C)C)c1C(N)=S. The van der Waals surface area contributed by atoms with Crippen molar-refractivity contribution < 1.29 is 0 Å². The Balaban J connectivity index is 3.16. The fraction of sp³-hybridized carbons (Fsp3) is 0.364. The maximum Gasteiger partial charge on any atom is 0.107 e. The Morgan fingerprint density at radius 3 is 2.69 bits per heavy atom. The highest BCUT2D eigenvalue weighted by Gasteiger charge is 2.11. The molecule has 0 heterocycles. The number of anilines is 1. The molecule has 88 valence electrons. The number of thiocarbonyl (C=S) groups is 1. The Morgan fingerprint density at radius 1 is 1.50 bits per heavy atom. The van der Waals surface area contributed by atoms with Crippen molar-refractivity contribution in [3.63, 3.8) is 0 Å². The molecule has 3 N–H and O–H groups in total. The Morgan fingerprint density at radius 2 is 2.19 bits per heavy atom. The Labute approximate surface area is 106 Å². The first-order chi connectivity index (χ1) is 7.56. The first-order valence-corrected chi connectivity index (χ1v) is 6.45. The fourth-order valence-electron chi connectivity index (χ4n) is 1.40. The summed E-state index contributed by atoms with van der Waals surface area (Å²) >= 11 is 6.86. The van der Waals surface area contributed by atoms with Crippen molar-refractivity contribution >= 4 is 34.7 Å². The van der Waals surface area contributed by atoms with E-state index in [-0.39, 0.29) is 0 Å². The van der Waals surface area contributed by atoms with Crippen LogP contribution in [0.1, 0.15) is 12.5 Å². The normalized spacial score (nSPS) is 10.5. The van der Waals surface area contributed by atoms with E-state index >= 15 is 0 Å². The lowest BCUT2D eigenvalue weighted by Gasteiger charge is -2.18. The number of thioether (sulfide) groups is 1. The van der Waals surface area contributed by atoms with Crippen LogP contribution in [0.3, 0.4) is 0 Å². The van der Waals surface area contributed by atoms with E-state index < -0.39 is 0 Å². The maximum atomic E-state index is 5.78. The van der Waals surface area contributed by atoms with E-state index in [0.717, 1.165) is 21.9 Å². The van der Waals surface area contributed by atoms with Gasteiger partial charge in [-0.05, 0) is 17.9 Å². The van der Waals surface area contributed by atoms with E-state index in [1.54, 1.807) is 11.8 Å². The lowest BCUT2D eigenvalue weighted by atomic mass is 10.2. The van der Waals surface area contributed by atoms with Crippen molar-refractivity contribution in [3.05, 3.63) is 23.8 Å². The first-order valence-electron chi connectivity index (χ1n) is 5.05. The molecule has 1 rings (SSSR count). The van der Waals surface area contributed by atoms with E-state index in [1.807, 2.05) is 37.3 Å². The van der Waals surface area contributed by atoms with Crippen molar-refractivity contribution in [3.8, 4) is 0 Å². The van der Waals surface area contributed by atoms with Crippen LogP contribution in [-0.4, -0.2) is 29.8 Å². The minimum Gasteiger partial charge on any atom is -0.389 e. The highest BCUT2D eigenvalue weighted by atomic mass is 32.2. The zero-order valence-corrected chi connectivity index (χ0v) is 11.4. The second kappa shape index (κ2) is 6.08. The van der Waals surface area contributed by atoms with Crippen LogP contribution in [0.4, 0.5) is 5.69 Å². The zero-order chi connectivity index (χ0) is 12.1. The van der Waals surface area contributed by atoms with Gasteiger partial charge >= 0.3 is 0 Å². The number of nitrogens with one attached hydrogen (secondary N) is 1. The third kappa shape index (κ3) is 3.37. The lowest BCUT2D eigenvalue weighted by Crippen LogP contribution is -2.23. The predicted octanol–water partition coefficient (Wildman–Crippen LogP) is 2.32. The quantitative estimate of drug-likeness (QED) is 0.480. The van der Waals surface area contributed by atoms with Crippen LogP contribution in [-0.2, 0) is 0 Å². The summed E-state index contributed by atoms with van der Waals surface area (Å²) in [5.41, 5.74) is 10.9. The van der Waals surface area contributed by atoms with E-state index in [0.29, 0.717) is 4.99 Å². The molecule has 0 bridgehead atoms. The monoisotopic (exact) mass is 255 g/mol. The molecule has 5 heteroatoms. The number of hydrazine groups is 1. The van der Waals surface area contributed by atoms with Crippen molar-refractivity contribution in [2.24, 2.45) is 5.73 Å². The highest BCUT2D eigenvalue weighted by Crippen LogP contribution is 2.28. The molecule has 0 aliphatic rings. The third-order valence-electron chi connectivity index (χ3n) is 1.92. The van der Waals surface area contributed by atoms with Crippen LogP contribution >= 0.6 is 24.0 Å². The van der Waals surface area contributed by atoms with Gasteiger partial charge in [-0.3, -0.25) is 0 Å². The van der Waals surface area contributed by atoms with Crippen molar-refractivity contribution in [1.82, 2.24) is 5.01 Å². The van der Waals surface area contributed by atoms with Gasteiger partial charge in [-0.2, -0.15) is 0 Å². The summed E-state index contributed by atoms with van der Waals surface area (Å²) in [6, 6.07) is 6.03. The van der Waals surface area contributed by atoms with Gasteiger partial charge in [0.25, 0.3) is 0 Å². The Kier molecular flexibility index (Phi) is 5.05. The fourth-order valence-corrected chi connectivity index (χ4v) is 2.53. The molecule has 0 fully saturated rings. The summed E-state index contributed by atoms with van der Waals surface area (Å²) in [4.78, 5) is 1.56. The Bertz CT molecular complexity index is 377. The minimum absolute atomic E-state index is 0.431. The third-order valence-corrected chi connectivity index (χ3v) is 3.06. The smallest absolute Gasteiger partial charge is 0.107 e.